The number of rotatable bonds is 3. The molecule has 0 radical (unpaired) electrons. The van der Waals surface area contributed by atoms with Crippen LogP contribution in [-0.4, -0.2) is 18.5 Å². The Hall–Kier alpha value is -1.15. The summed E-state index contributed by atoms with van der Waals surface area (Å²) in [5.74, 6) is 0.286. The maximum absolute atomic E-state index is 11.6. The lowest BCUT2D eigenvalue weighted by atomic mass is 9.74. The van der Waals surface area contributed by atoms with Gasteiger partial charge in [0.15, 0.2) is 0 Å². The minimum atomic E-state index is -0.0221. The number of ketones is 1. The van der Waals surface area contributed by atoms with Crippen molar-refractivity contribution in [3.8, 4) is 0 Å². The summed E-state index contributed by atoms with van der Waals surface area (Å²) < 4.78 is 5.55. The van der Waals surface area contributed by atoms with Crippen molar-refractivity contribution in [2.45, 2.75) is 32.3 Å². The zero-order valence-corrected chi connectivity index (χ0v) is 9.19. The molecule has 0 bridgehead atoms. The van der Waals surface area contributed by atoms with E-state index in [1.807, 2.05) is 38.1 Å². The van der Waals surface area contributed by atoms with Gasteiger partial charge in [-0.3, -0.25) is 4.79 Å². The van der Waals surface area contributed by atoms with Gasteiger partial charge in [-0.15, -0.1) is 0 Å². The second-order valence-electron chi connectivity index (χ2n) is 4.00. The Kier molecular flexibility index (Phi) is 2.87. The Morgan fingerprint density at radius 3 is 2.73 bits per heavy atom. The highest BCUT2D eigenvalue weighted by atomic mass is 16.5. The van der Waals surface area contributed by atoms with E-state index in [2.05, 4.69) is 0 Å². The van der Waals surface area contributed by atoms with Crippen molar-refractivity contribution in [2.24, 2.45) is 0 Å². The predicted octanol–water partition coefficient (Wildman–Crippen LogP) is 2.46. The lowest BCUT2D eigenvalue weighted by Crippen LogP contribution is -2.42. The van der Waals surface area contributed by atoms with Crippen LogP contribution in [0.2, 0.25) is 0 Å². The smallest absolute Gasteiger partial charge is 0.145 e. The van der Waals surface area contributed by atoms with E-state index in [9.17, 15) is 4.79 Å². The van der Waals surface area contributed by atoms with Crippen LogP contribution < -0.4 is 0 Å². The Morgan fingerprint density at radius 2 is 2.13 bits per heavy atom. The van der Waals surface area contributed by atoms with Gasteiger partial charge in [0, 0.05) is 13.0 Å². The van der Waals surface area contributed by atoms with E-state index in [0.29, 0.717) is 18.8 Å². The second-order valence-corrected chi connectivity index (χ2v) is 4.00. The molecule has 1 aromatic carbocycles. The van der Waals surface area contributed by atoms with Crippen LogP contribution in [0.4, 0.5) is 0 Å². The van der Waals surface area contributed by atoms with E-state index >= 15 is 0 Å². The monoisotopic (exact) mass is 204 g/mol. The molecule has 1 aliphatic carbocycles. The lowest BCUT2D eigenvalue weighted by Gasteiger charge is -2.35. The predicted molar refractivity (Wildman–Crippen MR) is 59.0 cm³/mol. The normalized spacial score (nSPS) is 25.1. The van der Waals surface area contributed by atoms with E-state index in [1.165, 1.54) is 5.56 Å². The van der Waals surface area contributed by atoms with E-state index < -0.39 is 0 Å². The summed E-state index contributed by atoms with van der Waals surface area (Å²) in [4.78, 5) is 11.6. The van der Waals surface area contributed by atoms with Crippen LogP contribution in [0.3, 0.4) is 0 Å². The van der Waals surface area contributed by atoms with Gasteiger partial charge >= 0.3 is 0 Å². The molecule has 1 aromatic rings. The third kappa shape index (κ3) is 1.82. The van der Waals surface area contributed by atoms with Gasteiger partial charge in [0.1, 0.15) is 5.78 Å². The molecule has 0 spiro atoms. The van der Waals surface area contributed by atoms with Crippen LogP contribution in [0, 0.1) is 6.92 Å². The molecule has 0 amide bonds. The molecule has 0 saturated heterocycles. The summed E-state index contributed by atoms with van der Waals surface area (Å²) in [5.41, 5.74) is 2.31. The standard InChI is InChI=1S/C13H16O2/c1-3-15-12-8-11(14)13(12)10-7-5-4-6-9(10)2/h4-7,12-13H,3,8H2,1-2H3/t12-,13-/m1/s1. The molecule has 1 aliphatic rings. The van der Waals surface area contributed by atoms with Crippen molar-refractivity contribution in [1.29, 1.82) is 0 Å². The maximum atomic E-state index is 11.6. The topological polar surface area (TPSA) is 26.3 Å². The number of carbonyl (C=O) groups excluding carboxylic acids is 1. The molecule has 1 fully saturated rings. The van der Waals surface area contributed by atoms with Crippen molar-refractivity contribution < 1.29 is 9.53 Å². The van der Waals surface area contributed by atoms with Crippen molar-refractivity contribution in [1.82, 2.24) is 0 Å². The first kappa shape index (κ1) is 10.4. The average Bonchev–Trinajstić information content (AvgIpc) is 2.21. The fraction of sp³-hybridized carbons (Fsp3) is 0.462. The molecule has 80 valence electrons. The van der Waals surface area contributed by atoms with Gasteiger partial charge < -0.3 is 4.74 Å². The lowest BCUT2D eigenvalue weighted by molar-refractivity contribution is -0.137. The van der Waals surface area contributed by atoms with Crippen molar-refractivity contribution in [2.75, 3.05) is 6.61 Å². The largest absolute Gasteiger partial charge is 0.377 e. The van der Waals surface area contributed by atoms with E-state index in [-0.39, 0.29) is 12.0 Å². The summed E-state index contributed by atoms with van der Waals surface area (Å²) in [6.45, 7) is 4.70. The molecule has 0 unspecified atom stereocenters. The zero-order chi connectivity index (χ0) is 10.8. The van der Waals surface area contributed by atoms with Crippen molar-refractivity contribution >= 4 is 5.78 Å². The van der Waals surface area contributed by atoms with Crippen LogP contribution in [0.25, 0.3) is 0 Å². The Morgan fingerprint density at radius 1 is 1.40 bits per heavy atom. The van der Waals surface area contributed by atoms with Gasteiger partial charge in [-0.2, -0.15) is 0 Å². The second kappa shape index (κ2) is 4.15. The summed E-state index contributed by atoms with van der Waals surface area (Å²) in [6, 6.07) is 8.06. The van der Waals surface area contributed by atoms with Gasteiger partial charge in [0.2, 0.25) is 0 Å². The first-order chi connectivity index (χ1) is 7.24. The van der Waals surface area contributed by atoms with Crippen LogP contribution in [0.1, 0.15) is 30.4 Å². The van der Waals surface area contributed by atoms with Crippen LogP contribution in [0.15, 0.2) is 24.3 Å². The van der Waals surface area contributed by atoms with Gasteiger partial charge in [-0.05, 0) is 25.0 Å². The molecule has 2 nitrogen and oxygen atoms in total. The SMILES string of the molecule is CCO[C@@H]1CC(=O)[C@H]1c1ccccc1C. The molecule has 0 N–H and O–H groups in total. The minimum absolute atomic E-state index is 0.0221. The molecular formula is C13H16O2. The number of ether oxygens (including phenoxy) is 1. The van der Waals surface area contributed by atoms with Gasteiger partial charge in [-0.25, -0.2) is 0 Å². The highest BCUT2D eigenvalue weighted by Crippen LogP contribution is 2.37. The van der Waals surface area contributed by atoms with Crippen molar-refractivity contribution in [3.63, 3.8) is 0 Å². The number of Topliss-reactive ketones (excluding diaryl/α,β-unsaturated/α-hetero) is 1. The summed E-state index contributed by atoms with van der Waals surface area (Å²) in [7, 11) is 0. The first-order valence-electron chi connectivity index (χ1n) is 5.44. The molecular weight excluding hydrogens is 188 g/mol. The fourth-order valence-corrected chi connectivity index (χ4v) is 2.17. The Balaban J connectivity index is 2.22. The van der Waals surface area contributed by atoms with Crippen molar-refractivity contribution in [3.05, 3.63) is 35.4 Å². The van der Waals surface area contributed by atoms with E-state index in [1.54, 1.807) is 0 Å². The third-order valence-corrected chi connectivity index (χ3v) is 3.03. The number of hydrogen-bond donors (Lipinski definition) is 0. The molecule has 0 aromatic heterocycles. The molecule has 2 atom stereocenters. The quantitative estimate of drug-likeness (QED) is 0.756. The molecule has 15 heavy (non-hydrogen) atoms. The summed E-state index contributed by atoms with van der Waals surface area (Å²) >= 11 is 0. The first-order valence-corrected chi connectivity index (χ1v) is 5.44. The van der Waals surface area contributed by atoms with E-state index in [4.69, 9.17) is 4.74 Å². The van der Waals surface area contributed by atoms with Gasteiger partial charge in [-0.1, -0.05) is 24.3 Å². The minimum Gasteiger partial charge on any atom is -0.377 e. The fourth-order valence-electron chi connectivity index (χ4n) is 2.17. The summed E-state index contributed by atoms with van der Waals surface area (Å²) in [6.07, 6.45) is 0.677. The Bertz CT molecular complexity index is 371. The van der Waals surface area contributed by atoms with Crippen LogP contribution in [-0.2, 0) is 9.53 Å². The Labute approximate surface area is 90.3 Å². The molecule has 0 aliphatic heterocycles. The van der Waals surface area contributed by atoms with Crippen LogP contribution >= 0.6 is 0 Å². The molecule has 2 heteroatoms. The zero-order valence-electron chi connectivity index (χ0n) is 9.19. The number of aryl methyl sites for hydroxylation is 1. The molecule has 2 rings (SSSR count). The number of hydrogen-bond acceptors (Lipinski definition) is 2. The molecule has 0 heterocycles. The van der Waals surface area contributed by atoms with E-state index in [0.717, 1.165) is 5.56 Å². The van der Waals surface area contributed by atoms with Gasteiger partial charge in [0.25, 0.3) is 0 Å². The maximum Gasteiger partial charge on any atom is 0.145 e. The number of carbonyl (C=O) groups is 1. The van der Waals surface area contributed by atoms with Gasteiger partial charge in [0.05, 0.1) is 12.0 Å². The van der Waals surface area contributed by atoms with Crippen LogP contribution in [0.5, 0.6) is 0 Å². The average molecular weight is 204 g/mol. The highest BCUT2D eigenvalue weighted by Gasteiger charge is 2.41. The summed E-state index contributed by atoms with van der Waals surface area (Å²) in [5, 5.41) is 0. The number of benzene rings is 1. The molecule has 1 saturated carbocycles. The highest BCUT2D eigenvalue weighted by molar-refractivity contribution is 5.93. The third-order valence-electron chi connectivity index (χ3n) is 3.03.